The van der Waals surface area contributed by atoms with E-state index in [0.29, 0.717) is 26.4 Å². The van der Waals surface area contributed by atoms with Gasteiger partial charge in [0.2, 0.25) is 0 Å². The first kappa shape index (κ1) is 46.4. The molecule has 0 bridgehead atoms. The molecule has 0 aromatic heterocycles. The lowest BCUT2D eigenvalue weighted by molar-refractivity contribution is -0.0766. The van der Waals surface area contributed by atoms with Crippen molar-refractivity contribution in [1.82, 2.24) is 0 Å². The second-order valence-corrected chi connectivity index (χ2v) is 14.6. The van der Waals surface area contributed by atoms with Crippen LogP contribution >= 0.6 is 0 Å². The molecule has 0 aromatic rings. The van der Waals surface area contributed by atoms with Crippen LogP contribution in [0.25, 0.3) is 0 Å². The third kappa shape index (κ3) is 20.0. The molecule has 47 heavy (non-hydrogen) atoms. The highest BCUT2D eigenvalue weighted by molar-refractivity contribution is 4.75. The van der Waals surface area contributed by atoms with Gasteiger partial charge in [-0.1, -0.05) is 34.6 Å². The average Bonchev–Trinajstić information content (AvgIpc) is 3.09. The summed E-state index contributed by atoms with van der Waals surface area (Å²) in [6, 6.07) is 0. The number of hydrogen-bond acceptors (Lipinski definition) is 14. The summed E-state index contributed by atoms with van der Waals surface area (Å²) < 4.78 is 35.3. The highest BCUT2D eigenvalue weighted by atomic mass is 16.5. The molecule has 0 aromatic carbocycles. The zero-order valence-electron chi connectivity index (χ0n) is 29.6. The maximum absolute atomic E-state index is 9.56. The van der Waals surface area contributed by atoms with Crippen molar-refractivity contribution in [3.8, 4) is 0 Å². The summed E-state index contributed by atoms with van der Waals surface area (Å²) in [4.78, 5) is 0. The Hall–Kier alpha value is -0.560. The van der Waals surface area contributed by atoms with Gasteiger partial charge in [-0.05, 0) is 6.42 Å². The Kier molecular flexibility index (Phi) is 25.1. The fraction of sp³-hybridized carbons (Fsp3) is 1.00. The zero-order chi connectivity index (χ0) is 35.8. The zero-order valence-corrected chi connectivity index (χ0v) is 29.6. The third-order valence-electron chi connectivity index (χ3n) is 8.26. The van der Waals surface area contributed by atoms with E-state index in [9.17, 15) is 40.9 Å². The van der Waals surface area contributed by atoms with Crippen LogP contribution in [0.2, 0.25) is 0 Å². The van der Waals surface area contributed by atoms with Crippen LogP contribution in [0.5, 0.6) is 0 Å². The van der Waals surface area contributed by atoms with Gasteiger partial charge < -0.3 is 69.3 Å². The van der Waals surface area contributed by atoms with Crippen LogP contribution in [0.1, 0.15) is 41.0 Å². The van der Waals surface area contributed by atoms with Crippen molar-refractivity contribution in [2.24, 2.45) is 39.4 Å². The first-order valence-corrected chi connectivity index (χ1v) is 16.6. The van der Waals surface area contributed by atoms with Crippen molar-refractivity contribution in [1.29, 1.82) is 0 Å². The molecule has 8 N–H and O–H groups in total. The van der Waals surface area contributed by atoms with Crippen molar-refractivity contribution < 1.29 is 69.3 Å². The Morgan fingerprint density at radius 1 is 0.340 bits per heavy atom. The first-order valence-electron chi connectivity index (χ1n) is 16.6. The van der Waals surface area contributed by atoms with E-state index in [4.69, 9.17) is 28.4 Å². The maximum atomic E-state index is 9.56. The maximum Gasteiger partial charge on any atom is 0.0564 e. The van der Waals surface area contributed by atoms with E-state index < -0.39 is 21.7 Å². The molecule has 0 saturated carbocycles. The van der Waals surface area contributed by atoms with E-state index in [1.54, 1.807) is 27.7 Å². The van der Waals surface area contributed by atoms with Gasteiger partial charge >= 0.3 is 0 Å². The summed E-state index contributed by atoms with van der Waals surface area (Å²) in [5, 5.41) is 76.5. The topological polar surface area (TPSA) is 217 Å². The van der Waals surface area contributed by atoms with Gasteiger partial charge in [0.15, 0.2) is 0 Å². The average molecular weight is 689 g/mol. The summed E-state index contributed by atoms with van der Waals surface area (Å²) in [6.45, 7) is 10.3. The highest BCUT2D eigenvalue weighted by Gasteiger charge is 2.27. The van der Waals surface area contributed by atoms with Gasteiger partial charge in [-0.3, -0.25) is 0 Å². The molecule has 0 fully saturated rings. The number of aliphatic hydroxyl groups excluding tert-OH is 8. The molecule has 0 rings (SSSR count). The Balaban J connectivity index is 5.07. The van der Waals surface area contributed by atoms with Gasteiger partial charge in [-0.15, -0.1) is 0 Å². The van der Waals surface area contributed by atoms with Gasteiger partial charge in [0.05, 0.1) is 132 Å². The molecule has 0 aliphatic rings. The van der Waals surface area contributed by atoms with Crippen LogP contribution in [0.4, 0.5) is 0 Å². The predicted octanol–water partition coefficient (Wildman–Crippen LogP) is -0.692. The van der Waals surface area contributed by atoms with E-state index in [-0.39, 0.29) is 123 Å². The lowest BCUT2D eigenvalue weighted by Crippen LogP contribution is -2.35. The SMILES string of the molecule is CCC(COCC(COCC(C)(CO)CO)COCC(C)(CO)CO)COCC(COCC(C)(CO)CO)COCC(C)(CO)CO. The summed E-state index contributed by atoms with van der Waals surface area (Å²) in [5.41, 5.74) is -3.09. The number of ether oxygens (including phenoxy) is 6. The molecule has 0 unspecified atom stereocenters. The molecule has 14 heteroatoms. The molecule has 0 spiro atoms. The smallest absolute Gasteiger partial charge is 0.0564 e. The predicted molar refractivity (Wildman–Crippen MR) is 175 cm³/mol. The lowest BCUT2D eigenvalue weighted by Gasteiger charge is -2.28. The third-order valence-corrected chi connectivity index (χ3v) is 8.26. The van der Waals surface area contributed by atoms with Crippen molar-refractivity contribution in [2.45, 2.75) is 41.0 Å². The van der Waals surface area contributed by atoms with Gasteiger partial charge in [-0.25, -0.2) is 0 Å². The van der Waals surface area contributed by atoms with Crippen LogP contribution < -0.4 is 0 Å². The van der Waals surface area contributed by atoms with Crippen molar-refractivity contribution in [2.75, 3.05) is 132 Å². The lowest BCUT2D eigenvalue weighted by atomic mass is 9.94. The van der Waals surface area contributed by atoms with Crippen LogP contribution in [0.3, 0.4) is 0 Å². The Labute approximate surface area is 281 Å². The molecule has 0 radical (unpaired) electrons. The van der Waals surface area contributed by atoms with E-state index >= 15 is 0 Å². The fourth-order valence-corrected chi connectivity index (χ4v) is 3.83. The minimum absolute atomic E-state index is 0.0817. The summed E-state index contributed by atoms with van der Waals surface area (Å²) in [7, 11) is 0. The summed E-state index contributed by atoms with van der Waals surface area (Å²) in [6.07, 6.45) is 0.794. The first-order chi connectivity index (χ1) is 22.3. The Morgan fingerprint density at radius 2 is 0.532 bits per heavy atom. The fourth-order valence-electron chi connectivity index (χ4n) is 3.83. The van der Waals surface area contributed by atoms with E-state index in [1.807, 2.05) is 6.92 Å². The summed E-state index contributed by atoms with van der Waals surface area (Å²) in [5.74, 6) is -0.275. The molecule has 0 atom stereocenters. The van der Waals surface area contributed by atoms with Gasteiger partial charge in [-0.2, -0.15) is 0 Å². The molecule has 0 amide bonds. The molecule has 284 valence electrons. The minimum Gasteiger partial charge on any atom is -0.396 e. The van der Waals surface area contributed by atoms with Crippen molar-refractivity contribution in [3.05, 3.63) is 0 Å². The molecular weight excluding hydrogens is 620 g/mol. The summed E-state index contributed by atoms with van der Waals surface area (Å²) >= 11 is 0. The van der Waals surface area contributed by atoms with E-state index in [1.165, 1.54) is 0 Å². The second-order valence-electron chi connectivity index (χ2n) is 14.6. The minimum atomic E-state index is -0.772. The van der Waals surface area contributed by atoms with Crippen LogP contribution in [-0.4, -0.2) is 173 Å². The van der Waals surface area contributed by atoms with Gasteiger partial charge in [0.25, 0.3) is 0 Å². The van der Waals surface area contributed by atoms with Gasteiger partial charge in [0, 0.05) is 39.4 Å². The molecule has 0 aliphatic heterocycles. The van der Waals surface area contributed by atoms with Crippen molar-refractivity contribution in [3.63, 3.8) is 0 Å². The quantitative estimate of drug-likeness (QED) is 0.0428. The molecular formula is C33H68O14. The number of aliphatic hydroxyl groups is 8. The molecule has 0 heterocycles. The normalized spacial score (nSPS) is 13.5. The monoisotopic (exact) mass is 688 g/mol. The molecule has 0 saturated heterocycles. The number of hydrogen-bond donors (Lipinski definition) is 8. The van der Waals surface area contributed by atoms with Gasteiger partial charge in [0.1, 0.15) is 0 Å². The number of rotatable bonds is 33. The van der Waals surface area contributed by atoms with Crippen LogP contribution in [0, 0.1) is 39.4 Å². The van der Waals surface area contributed by atoms with Crippen molar-refractivity contribution >= 4 is 0 Å². The Morgan fingerprint density at radius 3 is 0.723 bits per heavy atom. The largest absolute Gasteiger partial charge is 0.396 e. The second kappa shape index (κ2) is 25.4. The molecule has 14 nitrogen and oxygen atoms in total. The van der Waals surface area contributed by atoms with Crippen LogP contribution in [-0.2, 0) is 28.4 Å². The standard InChI is InChI=1S/C33H68O14/c1-6-27(7-42-9-28(11-44-23-30(2,15-34)16-35)12-45-24-31(3,17-36)18-37)8-43-10-29(13-46-25-32(4,19-38)20-39)14-47-26-33(5,21-40)22-41/h27-29,34-41H,6-26H2,1-5H3. The highest BCUT2D eigenvalue weighted by Crippen LogP contribution is 2.19. The molecule has 0 aliphatic carbocycles. The van der Waals surface area contributed by atoms with E-state index in [2.05, 4.69) is 0 Å². The Bertz CT molecular complexity index is 620. The van der Waals surface area contributed by atoms with E-state index in [0.717, 1.165) is 6.42 Å². The van der Waals surface area contributed by atoms with Crippen LogP contribution in [0.15, 0.2) is 0 Å².